The Balaban J connectivity index is 2.08. The topological polar surface area (TPSA) is 92.5 Å². The summed E-state index contributed by atoms with van der Waals surface area (Å²) < 4.78 is 0. The fraction of sp³-hybridized carbons (Fsp3) is 0.133. The molecular formula is C15H16N6. The van der Waals surface area contributed by atoms with Crippen molar-refractivity contribution in [3.05, 3.63) is 48.9 Å². The van der Waals surface area contributed by atoms with Gasteiger partial charge in [0.25, 0.3) is 0 Å². The van der Waals surface area contributed by atoms with Crippen molar-refractivity contribution in [2.45, 2.75) is 0 Å². The third kappa shape index (κ3) is 2.90. The predicted molar refractivity (Wildman–Crippen MR) is 82.6 cm³/mol. The van der Waals surface area contributed by atoms with E-state index in [-0.39, 0.29) is 0 Å². The van der Waals surface area contributed by atoms with Crippen LogP contribution in [0.15, 0.2) is 48.9 Å². The molecule has 0 saturated carbocycles. The smallest absolute Gasteiger partial charge is 0.223 e. The minimum atomic E-state index is 0.532. The molecule has 2 aromatic heterocycles. The van der Waals surface area contributed by atoms with E-state index in [4.69, 9.17) is 5.73 Å². The van der Waals surface area contributed by atoms with E-state index in [9.17, 15) is 0 Å². The lowest BCUT2D eigenvalue weighted by Crippen LogP contribution is -2.15. The second kappa shape index (κ2) is 6.15. The minimum Gasteiger partial charge on any atom is -0.353 e. The molecule has 1 aromatic carbocycles. The third-order valence-electron chi connectivity index (χ3n) is 3.02. The highest BCUT2D eigenvalue weighted by Crippen LogP contribution is 2.28. The van der Waals surface area contributed by atoms with Crippen molar-refractivity contribution in [2.24, 2.45) is 5.73 Å². The van der Waals surface area contributed by atoms with Crippen LogP contribution in [0, 0.1) is 0 Å². The molecule has 0 aliphatic rings. The molecule has 0 saturated heterocycles. The van der Waals surface area contributed by atoms with Gasteiger partial charge in [-0.2, -0.15) is 0 Å². The Kier molecular flexibility index (Phi) is 3.88. The average molecular weight is 280 g/mol. The minimum absolute atomic E-state index is 0.532. The maximum Gasteiger partial charge on any atom is 0.223 e. The molecule has 0 aliphatic carbocycles. The number of nitrogens with one attached hydrogen (secondary N) is 2. The van der Waals surface area contributed by atoms with E-state index in [1.165, 1.54) is 0 Å². The van der Waals surface area contributed by atoms with Gasteiger partial charge in [0.15, 0.2) is 0 Å². The van der Waals surface area contributed by atoms with E-state index in [0.717, 1.165) is 22.6 Å². The number of H-pyrrole nitrogens is 1. The number of hydrogen-bond acceptors (Lipinski definition) is 5. The van der Waals surface area contributed by atoms with Gasteiger partial charge >= 0.3 is 0 Å². The summed E-state index contributed by atoms with van der Waals surface area (Å²) in [6.45, 7) is 1.16. The van der Waals surface area contributed by atoms with Crippen LogP contribution in [-0.4, -0.2) is 33.0 Å². The molecule has 0 atom stereocenters. The molecule has 0 spiro atoms. The van der Waals surface area contributed by atoms with Gasteiger partial charge in [-0.25, -0.2) is 15.0 Å². The van der Waals surface area contributed by atoms with Gasteiger partial charge in [0.1, 0.15) is 5.82 Å². The van der Waals surface area contributed by atoms with Crippen LogP contribution in [-0.2, 0) is 0 Å². The Bertz CT molecular complexity index is 693. The number of imidazole rings is 1. The number of nitrogens with zero attached hydrogens (tertiary/aromatic N) is 3. The van der Waals surface area contributed by atoms with Crippen LogP contribution >= 0.6 is 0 Å². The van der Waals surface area contributed by atoms with Crippen LogP contribution in [0.25, 0.3) is 22.6 Å². The lowest BCUT2D eigenvalue weighted by Gasteiger charge is -2.09. The van der Waals surface area contributed by atoms with E-state index in [1.54, 1.807) is 18.6 Å². The third-order valence-corrected chi connectivity index (χ3v) is 3.02. The molecule has 0 aliphatic heterocycles. The first-order valence-electron chi connectivity index (χ1n) is 6.74. The number of benzene rings is 1. The molecular weight excluding hydrogens is 264 g/mol. The first-order valence-corrected chi connectivity index (χ1v) is 6.74. The van der Waals surface area contributed by atoms with Crippen LogP contribution in [0.4, 0.5) is 5.95 Å². The lowest BCUT2D eigenvalue weighted by molar-refractivity contribution is 0.990. The first-order chi connectivity index (χ1) is 10.4. The SMILES string of the molecule is NCCNc1ncc(-c2ncc[nH]2)c(-c2ccccc2)n1. The Morgan fingerprint density at radius 1 is 1.14 bits per heavy atom. The fourth-order valence-corrected chi connectivity index (χ4v) is 2.05. The largest absolute Gasteiger partial charge is 0.353 e. The normalized spacial score (nSPS) is 10.5. The molecule has 2 heterocycles. The van der Waals surface area contributed by atoms with Gasteiger partial charge in [-0.1, -0.05) is 30.3 Å². The van der Waals surface area contributed by atoms with Crippen molar-refractivity contribution in [2.75, 3.05) is 18.4 Å². The zero-order valence-corrected chi connectivity index (χ0v) is 11.5. The van der Waals surface area contributed by atoms with Crippen LogP contribution in [0.5, 0.6) is 0 Å². The van der Waals surface area contributed by atoms with Gasteiger partial charge in [0.05, 0.1) is 11.3 Å². The molecule has 6 nitrogen and oxygen atoms in total. The molecule has 3 aromatic rings. The molecule has 3 rings (SSSR count). The Hall–Kier alpha value is -2.73. The molecule has 0 amide bonds. The molecule has 0 fully saturated rings. The van der Waals surface area contributed by atoms with E-state index < -0.39 is 0 Å². The lowest BCUT2D eigenvalue weighted by atomic mass is 10.1. The molecule has 106 valence electrons. The second-order valence-electron chi connectivity index (χ2n) is 4.48. The molecule has 21 heavy (non-hydrogen) atoms. The Labute approximate surface area is 122 Å². The number of anilines is 1. The molecule has 4 N–H and O–H groups in total. The van der Waals surface area contributed by atoms with Gasteiger partial charge in [-0.3, -0.25) is 0 Å². The summed E-state index contributed by atoms with van der Waals surface area (Å²) in [6, 6.07) is 9.97. The fourth-order valence-electron chi connectivity index (χ4n) is 2.05. The number of nitrogens with two attached hydrogens (primary N) is 1. The van der Waals surface area contributed by atoms with Gasteiger partial charge in [0, 0.05) is 37.2 Å². The summed E-state index contributed by atoms with van der Waals surface area (Å²) >= 11 is 0. The predicted octanol–water partition coefficient (Wildman–Crippen LogP) is 1.90. The van der Waals surface area contributed by atoms with Gasteiger partial charge in [-0.15, -0.1) is 0 Å². The molecule has 0 radical (unpaired) electrons. The number of rotatable bonds is 5. The molecule has 0 bridgehead atoms. The van der Waals surface area contributed by atoms with Gasteiger partial charge < -0.3 is 16.0 Å². The highest BCUT2D eigenvalue weighted by Gasteiger charge is 2.12. The molecule has 0 unspecified atom stereocenters. The summed E-state index contributed by atoms with van der Waals surface area (Å²) in [7, 11) is 0. The van der Waals surface area contributed by atoms with E-state index in [2.05, 4.69) is 25.3 Å². The highest BCUT2D eigenvalue weighted by atomic mass is 15.1. The summed E-state index contributed by atoms with van der Waals surface area (Å²) in [4.78, 5) is 16.3. The summed E-state index contributed by atoms with van der Waals surface area (Å²) in [5.41, 5.74) is 8.21. The van der Waals surface area contributed by atoms with Crippen molar-refractivity contribution in [3.63, 3.8) is 0 Å². The Morgan fingerprint density at radius 3 is 2.71 bits per heavy atom. The summed E-state index contributed by atoms with van der Waals surface area (Å²) in [5.74, 6) is 1.31. The van der Waals surface area contributed by atoms with Crippen molar-refractivity contribution in [3.8, 4) is 22.6 Å². The van der Waals surface area contributed by atoms with Crippen LogP contribution in [0.2, 0.25) is 0 Å². The monoisotopic (exact) mass is 280 g/mol. The quantitative estimate of drug-likeness (QED) is 0.664. The van der Waals surface area contributed by atoms with Crippen molar-refractivity contribution < 1.29 is 0 Å². The average Bonchev–Trinajstić information content (AvgIpc) is 3.08. The zero-order valence-electron chi connectivity index (χ0n) is 11.5. The first kappa shape index (κ1) is 13.3. The van der Waals surface area contributed by atoms with Crippen molar-refractivity contribution in [1.82, 2.24) is 19.9 Å². The van der Waals surface area contributed by atoms with Crippen LogP contribution in [0.1, 0.15) is 0 Å². The number of aromatic amines is 1. The summed E-state index contributed by atoms with van der Waals surface area (Å²) in [5, 5.41) is 3.10. The standard InChI is InChI=1S/C15H16N6/c16-6-7-19-15-20-10-12(14-17-8-9-18-14)13(21-15)11-4-2-1-3-5-11/h1-5,8-10H,6-7,16H2,(H,17,18)(H,19,20,21). The van der Waals surface area contributed by atoms with Gasteiger partial charge in [-0.05, 0) is 0 Å². The van der Waals surface area contributed by atoms with E-state index in [1.807, 2.05) is 30.3 Å². The highest BCUT2D eigenvalue weighted by molar-refractivity contribution is 5.77. The number of aromatic nitrogens is 4. The zero-order chi connectivity index (χ0) is 14.5. The number of hydrogen-bond donors (Lipinski definition) is 3. The van der Waals surface area contributed by atoms with E-state index >= 15 is 0 Å². The molecule has 6 heteroatoms. The summed E-state index contributed by atoms with van der Waals surface area (Å²) in [6.07, 6.45) is 5.27. The second-order valence-corrected chi connectivity index (χ2v) is 4.48. The van der Waals surface area contributed by atoms with Crippen molar-refractivity contribution >= 4 is 5.95 Å². The maximum absolute atomic E-state index is 5.50. The van der Waals surface area contributed by atoms with E-state index in [0.29, 0.717) is 19.0 Å². The van der Waals surface area contributed by atoms with Crippen LogP contribution < -0.4 is 11.1 Å². The van der Waals surface area contributed by atoms with Crippen molar-refractivity contribution in [1.29, 1.82) is 0 Å². The van der Waals surface area contributed by atoms with Gasteiger partial charge in [0.2, 0.25) is 5.95 Å². The maximum atomic E-state index is 5.50. The Morgan fingerprint density at radius 2 is 2.00 bits per heavy atom. The van der Waals surface area contributed by atoms with Crippen LogP contribution in [0.3, 0.4) is 0 Å².